The molecule has 0 spiro atoms. The van der Waals surface area contributed by atoms with Crippen molar-refractivity contribution in [2.24, 2.45) is 0 Å². The molecule has 1 saturated heterocycles. The summed E-state index contributed by atoms with van der Waals surface area (Å²) in [5.41, 5.74) is 0.631. The van der Waals surface area contributed by atoms with Gasteiger partial charge in [-0.25, -0.2) is 0 Å². The van der Waals surface area contributed by atoms with Crippen LogP contribution in [0.2, 0.25) is 0 Å². The highest BCUT2D eigenvalue weighted by Gasteiger charge is 2.25. The summed E-state index contributed by atoms with van der Waals surface area (Å²) >= 11 is 1.39. The molecule has 2 aromatic rings. The lowest BCUT2D eigenvalue weighted by atomic mass is 10.2. The number of nitro benzene ring substituents is 1. The second-order valence-corrected chi connectivity index (χ2v) is 7.49. The van der Waals surface area contributed by atoms with Gasteiger partial charge in [-0.1, -0.05) is 12.1 Å². The number of anilines is 1. The van der Waals surface area contributed by atoms with E-state index in [1.807, 2.05) is 17.9 Å². The lowest BCUT2D eigenvalue weighted by Gasteiger charge is -2.35. The second-order valence-electron chi connectivity index (χ2n) is 6.21. The maximum Gasteiger partial charge on any atom is 0.292 e. The fourth-order valence-electron chi connectivity index (χ4n) is 2.99. The van der Waals surface area contributed by atoms with Gasteiger partial charge < -0.3 is 15.1 Å². The van der Waals surface area contributed by atoms with Crippen LogP contribution in [0.15, 0.2) is 36.4 Å². The molecule has 0 unspecified atom stereocenters. The number of thiophene rings is 1. The molecule has 0 atom stereocenters. The van der Waals surface area contributed by atoms with E-state index in [0.717, 1.165) is 4.88 Å². The highest BCUT2D eigenvalue weighted by molar-refractivity contribution is 7.13. The number of nitrogens with zero attached hydrogens (tertiary/aromatic N) is 3. The first-order valence-electron chi connectivity index (χ1n) is 8.56. The molecular weight excluding hydrogens is 368 g/mol. The molecule has 2 heterocycles. The molecule has 1 aliphatic heterocycles. The molecular formula is C18H20N4O4S. The van der Waals surface area contributed by atoms with Crippen LogP contribution < -0.4 is 10.2 Å². The van der Waals surface area contributed by atoms with Gasteiger partial charge in [0.25, 0.3) is 11.6 Å². The van der Waals surface area contributed by atoms with Crippen molar-refractivity contribution in [2.45, 2.75) is 6.92 Å². The van der Waals surface area contributed by atoms with Gasteiger partial charge in [0.1, 0.15) is 5.69 Å². The Kier molecular flexibility index (Phi) is 5.70. The van der Waals surface area contributed by atoms with E-state index >= 15 is 0 Å². The Morgan fingerprint density at radius 1 is 1.15 bits per heavy atom. The zero-order chi connectivity index (χ0) is 19.4. The maximum atomic E-state index is 12.3. The van der Waals surface area contributed by atoms with Gasteiger partial charge >= 0.3 is 0 Å². The molecule has 3 rings (SSSR count). The largest absolute Gasteiger partial charge is 0.362 e. The van der Waals surface area contributed by atoms with Crippen molar-refractivity contribution in [1.29, 1.82) is 0 Å². The van der Waals surface area contributed by atoms with Gasteiger partial charge in [-0.3, -0.25) is 19.7 Å². The number of nitrogens with one attached hydrogen (secondary N) is 1. The van der Waals surface area contributed by atoms with Crippen molar-refractivity contribution in [3.05, 3.63) is 56.3 Å². The van der Waals surface area contributed by atoms with Crippen LogP contribution in [0.3, 0.4) is 0 Å². The van der Waals surface area contributed by atoms with Crippen LogP contribution >= 0.6 is 11.3 Å². The summed E-state index contributed by atoms with van der Waals surface area (Å²) < 4.78 is 0. The number of benzene rings is 1. The Morgan fingerprint density at radius 3 is 2.48 bits per heavy atom. The van der Waals surface area contributed by atoms with Gasteiger partial charge in [0.15, 0.2) is 0 Å². The number of nitro groups is 1. The summed E-state index contributed by atoms with van der Waals surface area (Å²) in [6, 6.07) is 10.2. The molecule has 9 heteroatoms. The van der Waals surface area contributed by atoms with Crippen molar-refractivity contribution in [2.75, 3.05) is 37.6 Å². The van der Waals surface area contributed by atoms with E-state index in [2.05, 4.69) is 5.32 Å². The minimum atomic E-state index is -0.394. The summed E-state index contributed by atoms with van der Waals surface area (Å²) in [5, 5.41) is 13.8. The average molecular weight is 388 g/mol. The van der Waals surface area contributed by atoms with Gasteiger partial charge in [0.05, 0.1) is 16.3 Å². The SMILES string of the molecule is Cc1ccc(C(=O)NCC(=O)N2CCN(c3ccccc3[N+](=O)[O-])CC2)s1. The molecule has 1 aliphatic rings. The number of aryl methyl sites for hydroxylation is 1. The molecule has 0 aliphatic carbocycles. The summed E-state index contributed by atoms with van der Waals surface area (Å²) in [7, 11) is 0. The van der Waals surface area contributed by atoms with E-state index in [0.29, 0.717) is 36.7 Å². The quantitative estimate of drug-likeness (QED) is 0.625. The zero-order valence-corrected chi connectivity index (χ0v) is 15.7. The number of para-hydroxylation sites is 2. The fourth-order valence-corrected chi connectivity index (χ4v) is 3.78. The van der Waals surface area contributed by atoms with Crippen LogP contribution in [0.5, 0.6) is 0 Å². The molecule has 1 aromatic carbocycles. The van der Waals surface area contributed by atoms with Crippen LogP contribution in [0.25, 0.3) is 0 Å². The van der Waals surface area contributed by atoms with E-state index in [4.69, 9.17) is 0 Å². The summed E-state index contributed by atoms with van der Waals surface area (Å²) in [4.78, 5) is 40.4. The maximum absolute atomic E-state index is 12.3. The third-order valence-electron chi connectivity index (χ3n) is 4.42. The predicted molar refractivity (Wildman–Crippen MR) is 103 cm³/mol. The highest BCUT2D eigenvalue weighted by atomic mass is 32.1. The molecule has 2 amide bonds. The molecule has 142 valence electrons. The summed E-state index contributed by atoms with van der Waals surface area (Å²) in [6.45, 7) is 3.80. The first-order chi connectivity index (χ1) is 13.0. The molecule has 1 N–H and O–H groups in total. The van der Waals surface area contributed by atoms with Crippen LogP contribution in [0.4, 0.5) is 11.4 Å². The molecule has 1 aromatic heterocycles. The van der Waals surface area contributed by atoms with E-state index in [-0.39, 0.29) is 24.0 Å². The molecule has 8 nitrogen and oxygen atoms in total. The standard InChI is InChI=1S/C18H20N4O4S/c1-13-6-7-16(27-13)18(24)19-12-17(23)21-10-8-20(9-11-21)14-4-2-3-5-15(14)22(25)26/h2-7H,8-12H2,1H3,(H,19,24). The second kappa shape index (κ2) is 8.17. The first kappa shape index (κ1) is 18.8. The van der Waals surface area contributed by atoms with Crippen molar-refractivity contribution < 1.29 is 14.5 Å². The number of carbonyl (C=O) groups excluding carboxylic acids is 2. The third kappa shape index (κ3) is 4.43. The molecule has 1 fully saturated rings. The Morgan fingerprint density at radius 2 is 1.85 bits per heavy atom. The number of hydrogen-bond acceptors (Lipinski definition) is 6. The number of amides is 2. The lowest BCUT2D eigenvalue weighted by Crippen LogP contribution is -2.51. The Hall–Kier alpha value is -2.94. The van der Waals surface area contributed by atoms with E-state index in [1.54, 1.807) is 29.2 Å². The molecule has 0 bridgehead atoms. The van der Waals surface area contributed by atoms with E-state index in [1.165, 1.54) is 17.4 Å². The predicted octanol–water partition coefficient (Wildman–Crippen LogP) is 2.04. The monoisotopic (exact) mass is 388 g/mol. The zero-order valence-electron chi connectivity index (χ0n) is 14.9. The van der Waals surface area contributed by atoms with Gasteiger partial charge in [0, 0.05) is 37.1 Å². The first-order valence-corrected chi connectivity index (χ1v) is 9.38. The van der Waals surface area contributed by atoms with Gasteiger partial charge in [-0.2, -0.15) is 0 Å². The van der Waals surface area contributed by atoms with Crippen molar-refractivity contribution in [3.63, 3.8) is 0 Å². The molecule has 0 saturated carbocycles. The van der Waals surface area contributed by atoms with Crippen LogP contribution in [0.1, 0.15) is 14.5 Å². The minimum Gasteiger partial charge on any atom is -0.362 e. The molecule has 0 radical (unpaired) electrons. The normalized spacial score (nSPS) is 14.1. The van der Waals surface area contributed by atoms with Crippen molar-refractivity contribution in [3.8, 4) is 0 Å². The Labute approximate surface area is 160 Å². The van der Waals surface area contributed by atoms with Crippen molar-refractivity contribution >= 4 is 34.5 Å². The highest BCUT2D eigenvalue weighted by Crippen LogP contribution is 2.28. The van der Waals surface area contributed by atoms with E-state index in [9.17, 15) is 19.7 Å². The van der Waals surface area contributed by atoms with Gasteiger partial charge in [0.2, 0.25) is 5.91 Å². The van der Waals surface area contributed by atoms with Crippen LogP contribution in [0, 0.1) is 17.0 Å². The van der Waals surface area contributed by atoms with Crippen molar-refractivity contribution in [1.82, 2.24) is 10.2 Å². The van der Waals surface area contributed by atoms with Gasteiger partial charge in [-0.05, 0) is 25.1 Å². The van der Waals surface area contributed by atoms with Gasteiger partial charge in [-0.15, -0.1) is 11.3 Å². The summed E-state index contributed by atoms with van der Waals surface area (Å²) in [6.07, 6.45) is 0. The number of hydrogen-bond donors (Lipinski definition) is 1. The van der Waals surface area contributed by atoms with Crippen LogP contribution in [-0.4, -0.2) is 54.4 Å². The van der Waals surface area contributed by atoms with Crippen LogP contribution in [-0.2, 0) is 4.79 Å². The smallest absolute Gasteiger partial charge is 0.292 e. The number of piperazine rings is 1. The third-order valence-corrected chi connectivity index (χ3v) is 5.42. The Balaban J connectivity index is 1.52. The topological polar surface area (TPSA) is 95.8 Å². The average Bonchev–Trinajstić information content (AvgIpc) is 3.12. The summed E-state index contributed by atoms with van der Waals surface area (Å²) in [5.74, 6) is -0.404. The molecule has 27 heavy (non-hydrogen) atoms. The number of carbonyl (C=O) groups is 2. The lowest BCUT2D eigenvalue weighted by molar-refractivity contribution is -0.384. The Bertz CT molecular complexity index is 859. The van der Waals surface area contributed by atoms with E-state index < -0.39 is 4.92 Å². The number of rotatable bonds is 5. The fraction of sp³-hybridized carbons (Fsp3) is 0.333. The minimum absolute atomic E-state index is 0.0543.